The number of rotatable bonds is 9. The number of aromatic carboxylic acids is 1. The minimum atomic E-state index is -0.974. The molecule has 0 unspecified atom stereocenters. The number of carboxylic acids is 1. The maximum atomic E-state index is 11.4. The van der Waals surface area contributed by atoms with Crippen LogP contribution in [0.25, 0.3) is 11.3 Å². The summed E-state index contributed by atoms with van der Waals surface area (Å²) >= 11 is 0. The van der Waals surface area contributed by atoms with Gasteiger partial charge in [0.1, 0.15) is 5.82 Å². The Morgan fingerprint density at radius 2 is 1.90 bits per heavy atom. The van der Waals surface area contributed by atoms with E-state index in [1.54, 1.807) is 18.3 Å². The molecule has 0 saturated heterocycles. The van der Waals surface area contributed by atoms with Crippen LogP contribution >= 0.6 is 0 Å². The molecule has 0 aliphatic carbocycles. The van der Waals surface area contributed by atoms with Crippen LogP contribution in [-0.2, 0) is 13.0 Å². The van der Waals surface area contributed by atoms with Crippen molar-refractivity contribution < 1.29 is 9.90 Å². The highest BCUT2D eigenvalue weighted by molar-refractivity contribution is 5.94. The first kappa shape index (κ1) is 20.7. The van der Waals surface area contributed by atoms with Crippen molar-refractivity contribution in [1.29, 1.82) is 0 Å². The van der Waals surface area contributed by atoms with Crippen molar-refractivity contribution in [1.82, 2.24) is 19.7 Å². The minimum Gasteiger partial charge on any atom is -0.478 e. The molecule has 1 N–H and O–H groups in total. The second-order valence-corrected chi connectivity index (χ2v) is 7.55. The third-order valence-corrected chi connectivity index (χ3v) is 4.88. The Morgan fingerprint density at radius 1 is 1.14 bits per heavy atom. The van der Waals surface area contributed by atoms with Crippen LogP contribution in [0.1, 0.15) is 73.5 Å². The summed E-state index contributed by atoms with van der Waals surface area (Å²) in [6, 6.07) is 11.1. The zero-order valence-electron chi connectivity index (χ0n) is 17.3. The summed E-state index contributed by atoms with van der Waals surface area (Å²) in [5.74, 6) is 1.18. The lowest BCUT2D eigenvalue weighted by atomic mass is 10.0. The number of carbonyl (C=O) groups is 1. The van der Waals surface area contributed by atoms with E-state index in [0.717, 1.165) is 35.7 Å². The Bertz CT molecular complexity index is 961. The Labute approximate surface area is 171 Å². The molecule has 6 heteroatoms. The first-order chi connectivity index (χ1) is 14.0. The smallest absolute Gasteiger partial charge is 0.337 e. The second kappa shape index (κ2) is 9.45. The topological polar surface area (TPSA) is 80.9 Å². The number of aromatic nitrogens is 4. The zero-order chi connectivity index (χ0) is 20.8. The number of pyridine rings is 1. The fraction of sp³-hybridized carbons (Fsp3) is 0.391. The van der Waals surface area contributed by atoms with E-state index >= 15 is 0 Å². The van der Waals surface area contributed by atoms with E-state index < -0.39 is 5.97 Å². The largest absolute Gasteiger partial charge is 0.478 e. The Balaban J connectivity index is 1.82. The van der Waals surface area contributed by atoms with Crippen molar-refractivity contribution in [2.45, 2.75) is 58.9 Å². The van der Waals surface area contributed by atoms with Gasteiger partial charge < -0.3 is 5.11 Å². The number of unbranched alkanes of at least 4 members (excludes halogenated alkanes) is 2. The Kier molecular flexibility index (Phi) is 6.75. The number of nitrogens with zero attached hydrogens (tertiary/aromatic N) is 4. The van der Waals surface area contributed by atoms with E-state index in [1.807, 2.05) is 28.9 Å². The molecule has 2 aromatic heterocycles. The van der Waals surface area contributed by atoms with Gasteiger partial charge in [0.2, 0.25) is 0 Å². The Morgan fingerprint density at radius 3 is 2.55 bits per heavy atom. The van der Waals surface area contributed by atoms with Crippen molar-refractivity contribution in [3.63, 3.8) is 0 Å². The van der Waals surface area contributed by atoms with E-state index in [0.29, 0.717) is 18.0 Å². The summed E-state index contributed by atoms with van der Waals surface area (Å²) < 4.78 is 2.04. The molecule has 3 aromatic rings. The summed E-state index contributed by atoms with van der Waals surface area (Å²) in [4.78, 5) is 20.5. The molecule has 0 atom stereocenters. The highest BCUT2D eigenvalue weighted by atomic mass is 16.4. The van der Waals surface area contributed by atoms with Gasteiger partial charge in [-0.2, -0.15) is 5.10 Å². The summed E-state index contributed by atoms with van der Waals surface area (Å²) in [6.07, 6.45) is 5.76. The maximum Gasteiger partial charge on any atom is 0.337 e. The van der Waals surface area contributed by atoms with E-state index in [4.69, 9.17) is 10.1 Å². The first-order valence-corrected chi connectivity index (χ1v) is 10.2. The predicted octanol–water partition coefficient (Wildman–Crippen LogP) is 4.94. The molecular formula is C23H28N4O2. The molecule has 0 radical (unpaired) electrons. The van der Waals surface area contributed by atoms with Crippen LogP contribution in [0.15, 0.2) is 42.6 Å². The van der Waals surface area contributed by atoms with Gasteiger partial charge in [-0.3, -0.25) is 4.98 Å². The first-order valence-electron chi connectivity index (χ1n) is 10.2. The van der Waals surface area contributed by atoms with Crippen molar-refractivity contribution in [2.24, 2.45) is 0 Å². The molecular weight excluding hydrogens is 364 g/mol. The van der Waals surface area contributed by atoms with Crippen LogP contribution in [0.2, 0.25) is 0 Å². The SMILES string of the molecule is CCCCCn1nc(C(C)C)nc1Cc1ccc(-c2ncccc2C(=O)O)cc1. The predicted molar refractivity (Wildman–Crippen MR) is 113 cm³/mol. The number of hydrogen-bond acceptors (Lipinski definition) is 4. The van der Waals surface area contributed by atoms with Crippen molar-refractivity contribution >= 4 is 5.97 Å². The fourth-order valence-electron chi connectivity index (χ4n) is 3.23. The lowest BCUT2D eigenvalue weighted by Crippen LogP contribution is -2.07. The van der Waals surface area contributed by atoms with Crippen LogP contribution in [0, 0.1) is 0 Å². The van der Waals surface area contributed by atoms with Gasteiger partial charge in [0, 0.05) is 30.6 Å². The normalized spacial score (nSPS) is 11.2. The fourth-order valence-corrected chi connectivity index (χ4v) is 3.23. The molecule has 29 heavy (non-hydrogen) atoms. The van der Waals surface area contributed by atoms with Gasteiger partial charge in [0.05, 0.1) is 11.3 Å². The maximum absolute atomic E-state index is 11.4. The van der Waals surface area contributed by atoms with Crippen molar-refractivity contribution in [3.05, 3.63) is 65.4 Å². The average molecular weight is 393 g/mol. The molecule has 152 valence electrons. The quantitative estimate of drug-likeness (QED) is 0.522. The van der Waals surface area contributed by atoms with Gasteiger partial charge in [0.15, 0.2) is 5.82 Å². The molecule has 0 spiro atoms. The van der Waals surface area contributed by atoms with Gasteiger partial charge in [-0.05, 0) is 24.1 Å². The van der Waals surface area contributed by atoms with Gasteiger partial charge in [-0.1, -0.05) is 57.9 Å². The molecule has 0 fully saturated rings. The van der Waals surface area contributed by atoms with Crippen LogP contribution in [0.4, 0.5) is 0 Å². The number of benzene rings is 1. The summed E-state index contributed by atoms with van der Waals surface area (Å²) in [5, 5.41) is 14.1. The lowest BCUT2D eigenvalue weighted by Gasteiger charge is -2.08. The minimum absolute atomic E-state index is 0.206. The zero-order valence-corrected chi connectivity index (χ0v) is 17.3. The van der Waals surface area contributed by atoms with Crippen LogP contribution in [-0.4, -0.2) is 30.8 Å². The molecule has 1 aromatic carbocycles. The lowest BCUT2D eigenvalue weighted by molar-refractivity contribution is 0.0697. The molecule has 0 aliphatic heterocycles. The molecule has 0 bridgehead atoms. The van der Waals surface area contributed by atoms with Gasteiger partial charge in [-0.15, -0.1) is 0 Å². The third kappa shape index (κ3) is 5.08. The van der Waals surface area contributed by atoms with E-state index in [9.17, 15) is 9.90 Å². The van der Waals surface area contributed by atoms with Crippen LogP contribution in [0.3, 0.4) is 0 Å². The van der Waals surface area contributed by atoms with Crippen molar-refractivity contribution in [3.8, 4) is 11.3 Å². The summed E-state index contributed by atoms with van der Waals surface area (Å²) in [5.41, 5.74) is 2.59. The second-order valence-electron chi connectivity index (χ2n) is 7.55. The highest BCUT2D eigenvalue weighted by Gasteiger charge is 2.15. The molecule has 6 nitrogen and oxygen atoms in total. The van der Waals surface area contributed by atoms with Gasteiger partial charge in [-0.25, -0.2) is 14.5 Å². The summed E-state index contributed by atoms with van der Waals surface area (Å²) in [7, 11) is 0. The standard InChI is InChI=1S/C23H28N4O2/c1-4-5-6-14-27-20(25-22(26-27)16(2)3)15-17-9-11-18(12-10-17)21-19(23(28)29)8-7-13-24-21/h7-13,16H,4-6,14-15H2,1-3H3,(H,28,29). The molecule has 3 rings (SSSR count). The van der Waals surface area contributed by atoms with E-state index in [2.05, 4.69) is 25.8 Å². The van der Waals surface area contributed by atoms with Crippen LogP contribution in [0.5, 0.6) is 0 Å². The third-order valence-electron chi connectivity index (χ3n) is 4.88. The summed E-state index contributed by atoms with van der Waals surface area (Å²) in [6.45, 7) is 7.30. The van der Waals surface area contributed by atoms with E-state index in [1.165, 1.54) is 12.8 Å². The van der Waals surface area contributed by atoms with Gasteiger partial charge in [0.25, 0.3) is 0 Å². The molecule has 0 saturated carbocycles. The Hall–Kier alpha value is -3.02. The monoisotopic (exact) mass is 392 g/mol. The van der Waals surface area contributed by atoms with Gasteiger partial charge >= 0.3 is 5.97 Å². The number of carboxylic acid groups (broad SMARTS) is 1. The number of hydrogen-bond donors (Lipinski definition) is 1. The molecule has 0 aliphatic rings. The molecule has 0 amide bonds. The van der Waals surface area contributed by atoms with Crippen molar-refractivity contribution in [2.75, 3.05) is 0 Å². The highest BCUT2D eigenvalue weighted by Crippen LogP contribution is 2.23. The molecule has 2 heterocycles. The number of aryl methyl sites for hydroxylation is 1. The van der Waals surface area contributed by atoms with E-state index in [-0.39, 0.29) is 5.56 Å². The average Bonchev–Trinajstić information content (AvgIpc) is 3.12. The van der Waals surface area contributed by atoms with Crippen LogP contribution < -0.4 is 0 Å².